The lowest BCUT2D eigenvalue weighted by Gasteiger charge is -2.09. The molecule has 0 spiro atoms. The number of aromatic nitrogens is 2. The number of rotatable bonds is 4. The van der Waals surface area contributed by atoms with Gasteiger partial charge in [0.15, 0.2) is 0 Å². The summed E-state index contributed by atoms with van der Waals surface area (Å²) in [6, 6.07) is 8.09. The van der Waals surface area contributed by atoms with Crippen molar-refractivity contribution >= 4 is 23.2 Å². The highest BCUT2D eigenvalue weighted by molar-refractivity contribution is 6.28. The first-order valence-electron chi connectivity index (χ1n) is 6.83. The highest BCUT2D eigenvalue weighted by Crippen LogP contribution is 2.16. The van der Waals surface area contributed by atoms with Gasteiger partial charge in [0.25, 0.3) is 0 Å². The van der Waals surface area contributed by atoms with Gasteiger partial charge in [-0.15, -0.1) is 0 Å². The molecule has 0 aliphatic rings. The van der Waals surface area contributed by atoms with Crippen LogP contribution in [0.2, 0.25) is 5.28 Å². The Hall–Kier alpha value is -1.94. The van der Waals surface area contributed by atoms with Crippen LogP contribution in [-0.2, 0) is 11.2 Å². The van der Waals surface area contributed by atoms with Crippen LogP contribution in [0, 0.1) is 6.92 Å². The third kappa shape index (κ3) is 4.26. The minimum Gasteiger partial charge on any atom is -0.323 e. The number of nitrogens with one attached hydrogen (secondary N) is 1. The quantitative estimate of drug-likeness (QED) is 0.875. The Bertz CT molecular complexity index is 638. The predicted molar refractivity (Wildman–Crippen MR) is 84.6 cm³/mol. The van der Waals surface area contributed by atoms with Gasteiger partial charge >= 0.3 is 0 Å². The number of anilines is 1. The lowest BCUT2D eigenvalue weighted by molar-refractivity contribution is -0.115. The molecule has 2 aromatic rings. The minimum atomic E-state index is -0.0960. The van der Waals surface area contributed by atoms with Crippen molar-refractivity contribution in [2.75, 3.05) is 5.32 Å². The molecule has 110 valence electrons. The zero-order valence-corrected chi connectivity index (χ0v) is 13.1. The molecule has 0 saturated heterocycles. The minimum absolute atomic E-state index is 0.0960. The Morgan fingerprint density at radius 3 is 2.52 bits per heavy atom. The fourth-order valence-electron chi connectivity index (χ4n) is 1.96. The average Bonchev–Trinajstić information content (AvgIpc) is 2.42. The molecule has 1 amide bonds. The molecule has 0 bridgehead atoms. The van der Waals surface area contributed by atoms with E-state index in [4.69, 9.17) is 11.6 Å². The smallest absolute Gasteiger partial charge is 0.228 e. The summed E-state index contributed by atoms with van der Waals surface area (Å²) in [6.07, 6.45) is 1.84. The topological polar surface area (TPSA) is 54.9 Å². The molecule has 1 heterocycles. The first kappa shape index (κ1) is 15.4. The van der Waals surface area contributed by atoms with E-state index >= 15 is 0 Å². The number of amides is 1. The molecule has 4 nitrogen and oxygen atoms in total. The molecule has 0 saturated carbocycles. The molecule has 1 aromatic heterocycles. The van der Waals surface area contributed by atoms with Gasteiger partial charge < -0.3 is 5.32 Å². The summed E-state index contributed by atoms with van der Waals surface area (Å²) in [5.74, 6) is 0.392. The van der Waals surface area contributed by atoms with Crippen molar-refractivity contribution < 1.29 is 4.79 Å². The van der Waals surface area contributed by atoms with E-state index in [0.717, 1.165) is 5.56 Å². The van der Waals surface area contributed by atoms with Crippen molar-refractivity contribution in [2.45, 2.75) is 33.1 Å². The van der Waals surface area contributed by atoms with Crippen LogP contribution in [0.1, 0.15) is 36.6 Å². The third-order valence-electron chi connectivity index (χ3n) is 3.24. The number of aryl methyl sites for hydroxylation is 1. The Morgan fingerprint density at radius 1 is 1.29 bits per heavy atom. The normalized spacial score (nSPS) is 10.7. The predicted octanol–water partition coefficient (Wildman–Crippen LogP) is 3.74. The molecule has 21 heavy (non-hydrogen) atoms. The maximum Gasteiger partial charge on any atom is 0.228 e. The molecule has 0 unspecified atom stereocenters. The van der Waals surface area contributed by atoms with Crippen LogP contribution in [0.3, 0.4) is 0 Å². The fourth-order valence-corrected chi connectivity index (χ4v) is 2.14. The monoisotopic (exact) mass is 303 g/mol. The van der Waals surface area contributed by atoms with E-state index in [1.807, 2.05) is 12.1 Å². The summed E-state index contributed by atoms with van der Waals surface area (Å²) in [4.78, 5) is 19.9. The van der Waals surface area contributed by atoms with E-state index in [2.05, 4.69) is 41.3 Å². The maximum atomic E-state index is 12.0. The average molecular weight is 304 g/mol. The number of nitrogens with zero attached hydrogens (tertiary/aromatic N) is 2. The van der Waals surface area contributed by atoms with Gasteiger partial charge in [-0.1, -0.05) is 38.1 Å². The zero-order valence-electron chi connectivity index (χ0n) is 12.4. The number of carbonyl (C=O) groups is 1. The number of hydrogen-bond donors (Lipinski definition) is 1. The van der Waals surface area contributed by atoms with Crippen LogP contribution < -0.4 is 5.32 Å². The second-order valence-corrected chi connectivity index (χ2v) is 5.60. The van der Waals surface area contributed by atoms with E-state index in [9.17, 15) is 4.79 Å². The molecule has 0 fully saturated rings. The standard InChI is InChI=1S/C16H18ClN3O/c1-10(2)13-6-4-12(5-7-13)8-15(21)20-14-9-18-16(17)19-11(14)3/h4-7,9-10H,8H2,1-3H3,(H,20,21). The Morgan fingerprint density at radius 2 is 1.95 bits per heavy atom. The van der Waals surface area contributed by atoms with Crippen molar-refractivity contribution in [1.82, 2.24) is 9.97 Å². The van der Waals surface area contributed by atoms with E-state index < -0.39 is 0 Å². The van der Waals surface area contributed by atoms with Gasteiger partial charge in [0.2, 0.25) is 11.2 Å². The Kier molecular flexibility index (Phi) is 4.91. The fraction of sp³-hybridized carbons (Fsp3) is 0.312. The summed E-state index contributed by atoms with van der Waals surface area (Å²) in [5.41, 5.74) is 3.48. The van der Waals surface area contributed by atoms with Crippen LogP contribution in [0.25, 0.3) is 0 Å². The van der Waals surface area contributed by atoms with Crippen molar-refractivity contribution in [1.29, 1.82) is 0 Å². The number of halogens is 1. The van der Waals surface area contributed by atoms with Crippen molar-refractivity contribution in [3.8, 4) is 0 Å². The molecule has 0 aliphatic heterocycles. The maximum absolute atomic E-state index is 12.0. The van der Waals surface area contributed by atoms with Crippen molar-refractivity contribution in [3.05, 3.63) is 52.6 Å². The number of hydrogen-bond acceptors (Lipinski definition) is 3. The van der Waals surface area contributed by atoms with Crippen molar-refractivity contribution in [2.24, 2.45) is 0 Å². The number of benzene rings is 1. The van der Waals surface area contributed by atoms with Gasteiger partial charge in [-0.05, 0) is 35.6 Å². The molecule has 0 radical (unpaired) electrons. The van der Waals surface area contributed by atoms with Crippen LogP contribution in [0.15, 0.2) is 30.5 Å². The second-order valence-electron chi connectivity index (χ2n) is 5.26. The van der Waals surface area contributed by atoms with Gasteiger partial charge in [-0.25, -0.2) is 9.97 Å². The summed E-state index contributed by atoms with van der Waals surface area (Å²) >= 11 is 5.69. The third-order valence-corrected chi connectivity index (χ3v) is 3.42. The molecular formula is C16H18ClN3O. The van der Waals surface area contributed by atoms with Crippen LogP contribution in [0.4, 0.5) is 5.69 Å². The Labute approximate surface area is 129 Å². The van der Waals surface area contributed by atoms with Gasteiger partial charge in [0.05, 0.1) is 24.0 Å². The van der Waals surface area contributed by atoms with E-state index in [-0.39, 0.29) is 11.2 Å². The summed E-state index contributed by atoms with van der Waals surface area (Å²) in [5, 5.41) is 2.98. The first-order valence-corrected chi connectivity index (χ1v) is 7.21. The van der Waals surface area contributed by atoms with Crippen LogP contribution in [0.5, 0.6) is 0 Å². The van der Waals surface area contributed by atoms with E-state index in [1.54, 1.807) is 6.92 Å². The Balaban J connectivity index is 2.01. The van der Waals surface area contributed by atoms with Crippen LogP contribution in [-0.4, -0.2) is 15.9 Å². The summed E-state index contributed by atoms with van der Waals surface area (Å²) < 4.78 is 0. The van der Waals surface area contributed by atoms with Crippen molar-refractivity contribution in [3.63, 3.8) is 0 Å². The molecular weight excluding hydrogens is 286 g/mol. The molecule has 1 aromatic carbocycles. The second kappa shape index (κ2) is 6.68. The largest absolute Gasteiger partial charge is 0.323 e. The zero-order chi connectivity index (χ0) is 15.4. The SMILES string of the molecule is Cc1nc(Cl)ncc1NC(=O)Cc1ccc(C(C)C)cc1. The first-order chi connectivity index (χ1) is 9.95. The van der Waals surface area contributed by atoms with E-state index in [0.29, 0.717) is 23.7 Å². The van der Waals surface area contributed by atoms with Gasteiger partial charge in [0.1, 0.15) is 0 Å². The molecule has 1 N–H and O–H groups in total. The number of carbonyl (C=O) groups excluding carboxylic acids is 1. The highest BCUT2D eigenvalue weighted by atomic mass is 35.5. The van der Waals surface area contributed by atoms with E-state index in [1.165, 1.54) is 11.8 Å². The van der Waals surface area contributed by atoms with Crippen LogP contribution >= 0.6 is 11.6 Å². The van der Waals surface area contributed by atoms with Gasteiger partial charge in [-0.3, -0.25) is 4.79 Å². The molecule has 5 heteroatoms. The lowest BCUT2D eigenvalue weighted by atomic mass is 10.0. The molecule has 2 rings (SSSR count). The highest BCUT2D eigenvalue weighted by Gasteiger charge is 2.08. The van der Waals surface area contributed by atoms with Gasteiger partial charge in [0, 0.05) is 0 Å². The summed E-state index contributed by atoms with van der Waals surface area (Å²) in [6.45, 7) is 6.07. The molecule has 0 atom stereocenters. The summed E-state index contributed by atoms with van der Waals surface area (Å²) in [7, 11) is 0. The molecule has 0 aliphatic carbocycles. The lowest BCUT2D eigenvalue weighted by Crippen LogP contribution is -2.15. The van der Waals surface area contributed by atoms with Gasteiger partial charge in [-0.2, -0.15) is 0 Å².